The van der Waals surface area contributed by atoms with Crippen molar-refractivity contribution in [3.63, 3.8) is 0 Å². The third kappa shape index (κ3) is 3.88. The molecule has 2 heterocycles. The molecule has 0 radical (unpaired) electrons. The normalized spacial score (nSPS) is 20.4. The van der Waals surface area contributed by atoms with Gasteiger partial charge in [0, 0.05) is 25.0 Å². The highest BCUT2D eigenvalue weighted by Gasteiger charge is 2.27. The molecule has 118 valence electrons. The number of H-pyrrole nitrogens is 1. The summed E-state index contributed by atoms with van der Waals surface area (Å²) in [6, 6.07) is 11.8. The van der Waals surface area contributed by atoms with Gasteiger partial charge in [0.25, 0.3) is 0 Å². The summed E-state index contributed by atoms with van der Waals surface area (Å²) < 4.78 is 0. The number of rotatable bonds is 4. The molecular formula is C16H20ClN3O2. The van der Waals surface area contributed by atoms with Gasteiger partial charge in [0.05, 0.1) is 12.1 Å². The van der Waals surface area contributed by atoms with Crippen LogP contribution in [0.1, 0.15) is 12.0 Å². The van der Waals surface area contributed by atoms with Gasteiger partial charge in [-0.15, -0.1) is 12.4 Å². The molecule has 0 spiro atoms. The SMILES string of the molecule is Cl.O=C(NCc1ccc(-c2ccc[nH]2)cc1)[C@@H]1C[C@@H](O)CN1. The number of aliphatic hydroxyl groups is 1. The summed E-state index contributed by atoms with van der Waals surface area (Å²) in [6.45, 7) is 0.987. The van der Waals surface area contributed by atoms with E-state index in [9.17, 15) is 9.90 Å². The molecule has 1 aliphatic rings. The lowest BCUT2D eigenvalue weighted by molar-refractivity contribution is -0.123. The van der Waals surface area contributed by atoms with Crippen molar-refractivity contribution in [3.05, 3.63) is 48.2 Å². The van der Waals surface area contributed by atoms with E-state index in [1.54, 1.807) is 0 Å². The van der Waals surface area contributed by atoms with Gasteiger partial charge >= 0.3 is 0 Å². The smallest absolute Gasteiger partial charge is 0.237 e. The maximum absolute atomic E-state index is 11.9. The lowest BCUT2D eigenvalue weighted by atomic mass is 10.1. The summed E-state index contributed by atoms with van der Waals surface area (Å²) in [4.78, 5) is 15.1. The maximum atomic E-state index is 11.9. The molecule has 1 aromatic carbocycles. The summed E-state index contributed by atoms with van der Waals surface area (Å²) in [6.07, 6.45) is 1.96. The van der Waals surface area contributed by atoms with Gasteiger partial charge in [-0.3, -0.25) is 4.79 Å². The van der Waals surface area contributed by atoms with E-state index in [1.165, 1.54) is 0 Å². The molecule has 0 saturated carbocycles. The topological polar surface area (TPSA) is 77.2 Å². The number of benzene rings is 1. The minimum atomic E-state index is -0.416. The summed E-state index contributed by atoms with van der Waals surface area (Å²) in [5.41, 5.74) is 3.25. The lowest BCUT2D eigenvalue weighted by Crippen LogP contribution is -2.39. The number of amides is 1. The van der Waals surface area contributed by atoms with Crippen LogP contribution in [0.25, 0.3) is 11.3 Å². The van der Waals surface area contributed by atoms with Gasteiger partial charge in [0.2, 0.25) is 5.91 Å². The molecule has 1 aromatic heterocycles. The second-order valence-corrected chi connectivity index (χ2v) is 5.35. The molecule has 2 aromatic rings. The zero-order valence-corrected chi connectivity index (χ0v) is 12.9. The van der Waals surface area contributed by atoms with E-state index in [4.69, 9.17) is 0 Å². The Morgan fingerprint density at radius 1 is 1.27 bits per heavy atom. The number of halogens is 1. The third-order valence-electron chi connectivity index (χ3n) is 3.75. The molecule has 2 atom stereocenters. The Labute approximate surface area is 135 Å². The van der Waals surface area contributed by atoms with E-state index in [1.807, 2.05) is 42.6 Å². The van der Waals surface area contributed by atoms with Gasteiger partial charge in [0.15, 0.2) is 0 Å². The molecule has 0 unspecified atom stereocenters. The molecule has 1 fully saturated rings. The fourth-order valence-corrected chi connectivity index (χ4v) is 2.54. The Bertz CT molecular complexity index is 598. The van der Waals surface area contributed by atoms with E-state index >= 15 is 0 Å². The molecule has 4 N–H and O–H groups in total. The van der Waals surface area contributed by atoms with Crippen LogP contribution in [0.3, 0.4) is 0 Å². The standard InChI is InChI=1S/C16H19N3O2.ClH/c20-13-8-15(18-10-13)16(21)19-9-11-3-5-12(6-4-11)14-2-1-7-17-14;/h1-7,13,15,17-18,20H,8-10H2,(H,19,21);1H/t13-,15+;/m1./s1. The molecule has 0 bridgehead atoms. The fraction of sp³-hybridized carbons (Fsp3) is 0.312. The van der Waals surface area contributed by atoms with Crippen LogP contribution in [0.2, 0.25) is 0 Å². The van der Waals surface area contributed by atoms with Crippen molar-refractivity contribution in [1.29, 1.82) is 0 Å². The van der Waals surface area contributed by atoms with Crippen LogP contribution < -0.4 is 10.6 Å². The Hall–Kier alpha value is -1.82. The van der Waals surface area contributed by atoms with Crippen LogP contribution in [-0.4, -0.2) is 34.7 Å². The molecule has 1 amide bonds. The highest BCUT2D eigenvalue weighted by Crippen LogP contribution is 2.17. The Morgan fingerprint density at radius 3 is 2.64 bits per heavy atom. The highest BCUT2D eigenvalue weighted by atomic mass is 35.5. The van der Waals surface area contributed by atoms with E-state index in [0.717, 1.165) is 16.8 Å². The number of hydrogen-bond acceptors (Lipinski definition) is 3. The average molecular weight is 322 g/mol. The van der Waals surface area contributed by atoms with Gasteiger partial charge in [-0.1, -0.05) is 24.3 Å². The van der Waals surface area contributed by atoms with Gasteiger partial charge in [0.1, 0.15) is 0 Å². The van der Waals surface area contributed by atoms with Crippen molar-refractivity contribution in [2.24, 2.45) is 0 Å². The molecule has 5 nitrogen and oxygen atoms in total. The summed E-state index contributed by atoms with van der Waals surface area (Å²) in [5.74, 6) is -0.0556. The Kier molecular flexibility index (Phi) is 5.60. The van der Waals surface area contributed by atoms with E-state index in [2.05, 4.69) is 15.6 Å². The number of carbonyl (C=O) groups excluding carboxylic acids is 1. The Morgan fingerprint density at radius 2 is 2.05 bits per heavy atom. The first-order valence-corrected chi connectivity index (χ1v) is 7.14. The largest absolute Gasteiger partial charge is 0.392 e. The first-order chi connectivity index (χ1) is 10.2. The number of carbonyl (C=O) groups is 1. The van der Waals surface area contributed by atoms with E-state index < -0.39 is 6.10 Å². The minimum absolute atomic E-state index is 0. The van der Waals surface area contributed by atoms with Crippen molar-refractivity contribution >= 4 is 18.3 Å². The van der Waals surface area contributed by atoms with Gasteiger partial charge in [-0.05, 0) is 29.7 Å². The second kappa shape index (κ2) is 7.45. The molecule has 6 heteroatoms. The number of hydrogen-bond donors (Lipinski definition) is 4. The number of aliphatic hydroxyl groups excluding tert-OH is 1. The van der Waals surface area contributed by atoms with E-state index in [-0.39, 0.29) is 24.4 Å². The molecule has 22 heavy (non-hydrogen) atoms. The zero-order valence-electron chi connectivity index (χ0n) is 12.1. The van der Waals surface area contributed by atoms with Gasteiger partial charge < -0.3 is 20.7 Å². The Balaban J connectivity index is 0.00000176. The molecular weight excluding hydrogens is 302 g/mol. The van der Waals surface area contributed by atoms with Crippen LogP contribution in [0, 0.1) is 0 Å². The average Bonchev–Trinajstić information content (AvgIpc) is 3.16. The van der Waals surface area contributed by atoms with Crippen LogP contribution >= 0.6 is 12.4 Å². The van der Waals surface area contributed by atoms with Crippen molar-refractivity contribution in [1.82, 2.24) is 15.6 Å². The van der Waals surface area contributed by atoms with Crippen LogP contribution in [0.5, 0.6) is 0 Å². The van der Waals surface area contributed by atoms with Crippen molar-refractivity contribution < 1.29 is 9.90 Å². The predicted octanol–water partition coefficient (Wildman–Crippen LogP) is 1.44. The first-order valence-electron chi connectivity index (χ1n) is 7.14. The third-order valence-corrected chi connectivity index (χ3v) is 3.75. The van der Waals surface area contributed by atoms with Gasteiger partial charge in [-0.2, -0.15) is 0 Å². The molecule has 0 aliphatic carbocycles. The van der Waals surface area contributed by atoms with E-state index in [0.29, 0.717) is 19.5 Å². The molecule has 3 rings (SSSR count). The monoisotopic (exact) mass is 321 g/mol. The van der Waals surface area contributed by atoms with Crippen molar-refractivity contribution in [3.8, 4) is 11.3 Å². The molecule has 1 aliphatic heterocycles. The predicted molar refractivity (Wildman–Crippen MR) is 87.7 cm³/mol. The fourth-order valence-electron chi connectivity index (χ4n) is 2.54. The quantitative estimate of drug-likeness (QED) is 0.688. The number of nitrogens with one attached hydrogen (secondary N) is 3. The van der Waals surface area contributed by atoms with Gasteiger partial charge in [-0.25, -0.2) is 0 Å². The summed E-state index contributed by atoms with van der Waals surface area (Å²) in [5, 5.41) is 15.3. The van der Waals surface area contributed by atoms with Crippen LogP contribution in [0.15, 0.2) is 42.6 Å². The summed E-state index contributed by atoms with van der Waals surface area (Å²) >= 11 is 0. The number of β-amino-alcohol motifs (C(OH)–C–C–N with tert-alkyl or cyclic N) is 1. The molecule has 1 saturated heterocycles. The van der Waals surface area contributed by atoms with Crippen LogP contribution in [0.4, 0.5) is 0 Å². The zero-order chi connectivity index (χ0) is 14.7. The lowest BCUT2D eigenvalue weighted by Gasteiger charge is -2.11. The minimum Gasteiger partial charge on any atom is -0.392 e. The number of aromatic nitrogens is 1. The highest BCUT2D eigenvalue weighted by molar-refractivity contribution is 5.85. The first kappa shape index (κ1) is 16.5. The second-order valence-electron chi connectivity index (χ2n) is 5.35. The van der Waals surface area contributed by atoms with Crippen LogP contribution in [-0.2, 0) is 11.3 Å². The maximum Gasteiger partial charge on any atom is 0.237 e. The number of aromatic amines is 1. The van der Waals surface area contributed by atoms with Crippen molar-refractivity contribution in [2.45, 2.75) is 25.1 Å². The van der Waals surface area contributed by atoms with Crippen molar-refractivity contribution in [2.75, 3.05) is 6.54 Å². The summed E-state index contributed by atoms with van der Waals surface area (Å²) in [7, 11) is 0.